The number of amides is 2. The molecule has 0 aromatic heterocycles. The Morgan fingerprint density at radius 2 is 1.41 bits per heavy atom. The van der Waals surface area contributed by atoms with Gasteiger partial charge in [-0.3, -0.25) is 9.59 Å². The lowest BCUT2D eigenvalue weighted by atomic mass is 10.0. The lowest BCUT2D eigenvalue weighted by Crippen LogP contribution is -2.48. The van der Waals surface area contributed by atoms with E-state index in [0.717, 1.165) is 44.1 Å². The van der Waals surface area contributed by atoms with Crippen LogP contribution in [0.2, 0.25) is 0 Å². The summed E-state index contributed by atoms with van der Waals surface area (Å²) < 4.78 is 0. The van der Waals surface area contributed by atoms with Crippen LogP contribution in [0.25, 0.3) is 0 Å². The summed E-state index contributed by atoms with van der Waals surface area (Å²) in [6, 6.07) is 16.6. The van der Waals surface area contributed by atoms with Crippen molar-refractivity contribution >= 4 is 42.6 Å². The van der Waals surface area contributed by atoms with Crippen molar-refractivity contribution in [2.45, 2.75) is 70.4 Å². The fourth-order valence-electron chi connectivity index (χ4n) is 3.56. The molecule has 37 heavy (non-hydrogen) atoms. The molecule has 0 fully saturated rings. The number of halogens is 2. The van der Waals surface area contributed by atoms with Gasteiger partial charge in [-0.2, -0.15) is 5.48 Å². The van der Waals surface area contributed by atoms with E-state index in [2.05, 4.69) is 35.1 Å². The van der Waals surface area contributed by atoms with Crippen molar-refractivity contribution in [3.05, 3.63) is 71.3 Å². The normalized spacial score (nSPS) is 11.8. The van der Waals surface area contributed by atoms with E-state index in [9.17, 15) is 14.4 Å². The molecule has 8 nitrogen and oxygen atoms in total. The summed E-state index contributed by atoms with van der Waals surface area (Å²) in [4.78, 5) is 41.1. The average Bonchev–Trinajstić information content (AvgIpc) is 2.86. The summed E-state index contributed by atoms with van der Waals surface area (Å²) in [7, 11) is 0. The minimum Gasteiger partial charge on any atom is -0.342 e. The van der Waals surface area contributed by atoms with E-state index >= 15 is 0 Å². The minimum atomic E-state index is -0.940. The summed E-state index contributed by atoms with van der Waals surface area (Å²) in [5.41, 5.74) is 16.8. The van der Waals surface area contributed by atoms with Crippen LogP contribution >= 0.6 is 24.8 Å². The number of carbonyl (C=O) groups excluding carboxylic acids is 3. The summed E-state index contributed by atoms with van der Waals surface area (Å²) in [5, 5.41) is 2.50. The molecular formula is C27H40Cl2N4O4. The van der Waals surface area contributed by atoms with Gasteiger partial charge in [-0.05, 0) is 68.7 Å². The molecule has 2 aromatic rings. The maximum absolute atomic E-state index is 12.1. The maximum Gasteiger partial charge on any atom is 0.353 e. The van der Waals surface area contributed by atoms with Crippen molar-refractivity contribution in [3.63, 3.8) is 0 Å². The summed E-state index contributed by atoms with van der Waals surface area (Å²) in [5.74, 6) is -1.67. The largest absolute Gasteiger partial charge is 0.353 e. The van der Waals surface area contributed by atoms with Crippen molar-refractivity contribution in [1.82, 2.24) is 10.8 Å². The summed E-state index contributed by atoms with van der Waals surface area (Å²) in [6.45, 7) is 2.01. The van der Waals surface area contributed by atoms with E-state index in [1.165, 1.54) is 18.1 Å². The molecule has 2 aromatic carbocycles. The second-order valence-electron chi connectivity index (χ2n) is 8.75. The number of rotatable bonds is 14. The van der Waals surface area contributed by atoms with Crippen molar-refractivity contribution in [2.75, 3.05) is 6.54 Å². The number of benzene rings is 2. The number of hydrogen-bond donors (Lipinski definition) is 4. The third-order valence-electron chi connectivity index (χ3n) is 5.70. The molecule has 0 radical (unpaired) electrons. The van der Waals surface area contributed by atoms with Gasteiger partial charge in [0.1, 0.15) is 6.04 Å². The first-order chi connectivity index (χ1) is 16.9. The standard InChI is InChI=1S/C27H38N4O4.2ClH/c1-20(30-26(33)24(29)13-7-8-18-28)27(34)35-31-25(32)19-23-16-14-22(15-17-23)12-6-5-11-21-9-3-2-4-10-21;;/h2-4,9-10,14-17,20,24H,5-8,11-13,18-19,28-29H2,1H3,(H,30,33)(H,31,32);2*1H/t20-,24-;;/m0../s1. The molecule has 0 saturated heterocycles. The Kier molecular flexibility index (Phi) is 18.1. The SMILES string of the molecule is C[C@H](NC(=O)[C@@H](N)CCCCN)C(=O)ONC(=O)Cc1ccc(CCCCc2ccccc2)cc1.Cl.Cl. The highest BCUT2D eigenvalue weighted by molar-refractivity contribution is 5.88. The highest BCUT2D eigenvalue weighted by Crippen LogP contribution is 2.11. The molecular weight excluding hydrogens is 515 g/mol. The van der Waals surface area contributed by atoms with Crippen LogP contribution in [0, 0.1) is 0 Å². The van der Waals surface area contributed by atoms with Crippen molar-refractivity contribution in [2.24, 2.45) is 11.5 Å². The Morgan fingerprint density at radius 1 is 0.838 bits per heavy atom. The van der Waals surface area contributed by atoms with E-state index in [-0.39, 0.29) is 31.2 Å². The van der Waals surface area contributed by atoms with Crippen LogP contribution in [0.1, 0.15) is 55.7 Å². The van der Waals surface area contributed by atoms with Crippen LogP contribution in [0.15, 0.2) is 54.6 Å². The average molecular weight is 556 g/mol. The topological polar surface area (TPSA) is 137 Å². The van der Waals surface area contributed by atoms with Crippen LogP contribution in [-0.4, -0.2) is 36.4 Å². The molecule has 206 valence electrons. The van der Waals surface area contributed by atoms with Gasteiger partial charge in [-0.1, -0.05) is 61.0 Å². The third-order valence-corrected chi connectivity index (χ3v) is 5.70. The molecule has 0 aliphatic heterocycles. The number of carbonyl (C=O) groups is 3. The monoisotopic (exact) mass is 554 g/mol. The van der Waals surface area contributed by atoms with E-state index in [4.69, 9.17) is 16.3 Å². The Labute approximate surface area is 232 Å². The first-order valence-corrected chi connectivity index (χ1v) is 12.3. The fourth-order valence-corrected chi connectivity index (χ4v) is 3.56. The molecule has 6 N–H and O–H groups in total. The smallest absolute Gasteiger partial charge is 0.342 e. The quantitative estimate of drug-likeness (QED) is 0.209. The second kappa shape index (κ2) is 19.5. The number of nitrogens with one attached hydrogen (secondary N) is 2. The molecule has 0 bridgehead atoms. The van der Waals surface area contributed by atoms with Gasteiger partial charge < -0.3 is 21.6 Å². The van der Waals surface area contributed by atoms with Crippen LogP contribution < -0.4 is 22.3 Å². The number of aryl methyl sites for hydroxylation is 2. The molecule has 2 atom stereocenters. The minimum absolute atomic E-state index is 0. The van der Waals surface area contributed by atoms with Gasteiger partial charge in [-0.25, -0.2) is 4.79 Å². The molecule has 0 heterocycles. The Bertz CT molecular complexity index is 930. The molecule has 2 rings (SSSR count). The molecule has 0 unspecified atom stereocenters. The van der Waals surface area contributed by atoms with E-state index in [0.29, 0.717) is 13.0 Å². The van der Waals surface area contributed by atoms with Gasteiger partial charge in [0.05, 0.1) is 12.5 Å². The first-order valence-electron chi connectivity index (χ1n) is 12.3. The highest BCUT2D eigenvalue weighted by atomic mass is 35.5. The number of hydrogen-bond acceptors (Lipinski definition) is 6. The van der Waals surface area contributed by atoms with E-state index in [1.54, 1.807) is 0 Å². The molecule has 0 aliphatic carbocycles. The van der Waals surface area contributed by atoms with Gasteiger partial charge in [0, 0.05) is 0 Å². The zero-order valence-electron chi connectivity index (χ0n) is 21.3. The molecule has 0 aliphatic rings. The van der Waals surface area contributed by atoms with Gasteiger partial charge in [-0.15, -0.1) is 24.8 Å². The lowest BCUT2D eigenvalue weighted by molar-refractivity contribution is -0.160. The lowest BCUT2D eigenvalue weighted by Gasteiger charge is -2.16. The van der Waals surface area contributed by atoms with E-state index in [1.807, 2.05) is 30.3 Å². The first kappa shape index (κ1) is 34.4. The molecule has 10 heteroatoms. The van der Waals surface area contributed by atoms with E-state index < -0.39 is 29.9 Å². The summed E-state index contributed by atoms with van der Waals surface area (Å²) >= 11 is 0. The zero-order chi connectivity index (χ0) is 25.5. The molecule has 0 spiro atoms. The number of hydroxylamine groups is 1. The number of nitrogens with two attached hydrogens (primary N) is 2. The fraction of sp³-hybridized carbons (Fsp3) is 0.444. The predicted molar refractivity (Wildman–Crippen MR) is 150 cm³/mol. The van der Waals surface area contributed by atoms with Crippen LogP contribution in [0.4, 0.5) is 0 Å². The molecule has 2 amide bonds. The van der Waals surface area contributed by atoms with Crippen LogP contribution in [0.5, 0.6) is 0 Å². The van der Waals surface area contributed by atoms with Crippen molar-refractivity contribution in [1.29, 1.82) is 0 Å². The predicted octanol–water partition coefficient (Wildman–Crippen LogP) is 3.17. The highest BCUT2D eigenvalue weighted by Gasteiger charge is 2.21. The number of unbranched alkanes of at least 4 members (excludes halogenated alkanes) is 2. The maximum atomic E-state index is 12.1. The third kappa shape index (κ3) is 14.0. The van der Waals surface area contributed by atoms with Crippen LogP contribution in [0.3, 0.4) is 0 Å². The van der Waals surface area contributed by atoms with Gasteiger partial charge in [0.15, 0.2) is 0 Å². The van der Waals surface area contributed by atoms with Gasteiger partial charge in [0.2, 0.25) is 5.91 Å². The Hall–Kier alpha value is -2.65. The van der Waals surface area contributed by atoms with Crippen molar-refractivity contribution < 1.29 is 19.2 Å². The van der Waals surface area contributed by atoms with Gasteiger partial charge in [0.25, 0.3) is 5.91 Å². The second-order valence-corrected chi connectivity index (χ2v) is 8.75. The summed E-state index contributed by atoms with van der Waals surface area (Å²) in [6.07, 6.45) is 6.34. The van der Waals surface area contributed by atoms with Gasteiger partial charge >= 0.3 is 5.97 Å². The van der Waals surface area contributed by atoms with Crippen molar-refractivity contribution in [3.8, 4) is 0 Å². The van der Waals surface area contributed by atoms with Crippen LogP contribution in [-0.2, 0) is 38.5 Å². The Balaban J connectivity index is 0.00000648. The zero-order valence-corrected chi connectivity index (χ0v) is 23.0. The molecule has 0 saturated carbocycles. The Morgan fingerprint density at radius 3 is 2.00 bits per heavy atom.